The first kappa shape index (κ1) is 18.0. The first-order valence-electron chi connectivity index (χ1n) is 8.95. The number of nitrogens with zero attached hydrogens (tertiary/aromatic N) is 5. The van der Waals surface area contributed by atoms with E-state index in [-0.39, 0.29) is 17.9 Å². The Bertz CT molecular complexity index is 734. The van der Waals surface area contributed by atoms with E-state index in [0.29, 0.717) is 31.0 Å². The minimum absolute atomic E-state index is 0.0970. The van der Waals surface area contributed by atoms with Crippen molar-refractivity contribution in [2.24, 2.45) is 5.92 Å². The van der Waals surface area contributed by atoms with Gasteiger partial charge in [-0.05, 0) is 53.5 Å². The number of tetrazole rings is 1. The van der Waals surface area contributed by atoms with E-state index in [2.05, 4.69) is 34.7 Å². The van der Waals surface area contributed by atoms with E-state index in [1.807, 2.05) is 4.90 Å². The number of nitrogens with one attached hydrogen (secondary N) is 1. The van der Waals surface area contributed by atoms with Gasteiger partial charge in [0.1, 0.15) is 6.33 Å². The van der Waals surface area contributed by atoms with Gasteiger partial charge in [0.15, 0.2) is 0 Å². The summed E-state index contributed by atoms with van der Waals surface area (Å²) in [6, 6.07) is 7.22. The van der Waals surface area contributed by atoms with Crippen LogP contribution in [0.1, 0.15) is 43.5 Å². The van der Waals surface area contributed by atoms with Crippen LogP contribution in [0.2, 0.25) is 0 Å². The predicted molar refractivity (Wildman–Crippen MR) is 95.7 cm³/mol. The van der Waals surface area contributed by atoms with Gasteiger partial charge in [-0.2, -0.15) is 0 Å². The van der Waals surface area contributed by atoms with Crippen molar-refractivity contribution in [1.82, 2.24) is 30.4 Å². The van der Waals surface area contributed by atoms with Crippen molar-refractivity contribution in [3.63, 3.8) is 0 Å². The highest BCUT2D eigenvalue weighted by atomic mass is 16.2. The van der Waals surface area contributed by atoms with Crippen LogP contribution >= 0.6 is 0 Å². The average Bonchev–Trinajstić information content (AvgIpc) is 3.16. The van der Waals surface area contributed by atoms with Crippen molar-refractivity contribution >= 4 is 11.8 Å². The van der Waals surface area contributed by atoms with Gasteiger partial charge in [0.25, 0.3) is 5.91 Å². The predicted octanol–water partition coefficient (Wildman–Crippen LogP) is 1.43. The zero-order valence-corrected chi connectivity index (χ0v) is 15.1. The second-order valence-corrected chi connectivity index (χ2v) is 7.03. The zero-order chi connectivity index (χ0) is 18.5. The Morgan fingerprint density at radius 2 is 1.88 bits per heavy atom. The van der Waals surface area contributed by atoms with Crippen molar-refractivity contribution < 1.29 is 9.59 Å². The van der Waals surface area contributed by atoms with Crippen molar-refractivity contribution in [3.8, 4) is 5.69 Å². The van der Waals surface area contributed by atoms with E-state index in [1.165, 1.54) is 11.0 Å². The number of carbonyl (C=O) groups is 2. The molecule has 0 atom stereocenters. The Balaban J connectivity index is 1.50. The third-order valence-electron chi connectivity index (χ3n) is 4.51. The van der Waals surface area contributed by atoms with Gasteiger partial charge in [0.2, 0.25) is 5.91 Å². The first-order chi connectivity index (χ1) is 12.5. The third-order valence-corrected chi connectivity index (χ3v) is 4.51. The average molecular weight is 356 g/mol. The summed E-state index contributed by atoms with van der Waals surface area (Å²) in [5, 5.41) is 14.1. The second-order valence-electron chi connectivity index (χ2n) is 7.03. The number of likely N-dealkylation sites (tertiary alicyclic amines) is 1. The van der Waals surface area contributed by atoms with Gasteiger partial charge in [0.05, 0.1) is 5.69 Å². The lowest BCUT2D eigenvalue weighted by molar-refractivity contribution is -0.133. The molecule has 1 fully saturated rings. The standard InChI is InChI=1S/C18H24N6O2/c1-13(2)11-17(25)23-9-7-15(8-10-23)20-18(26)14-3-5-16(6-4-14)24-12-19-21-22-24/h3-6,12-13,15H,7-11H2,1-2H3,(H,20,26). The molecule has 0 saturated carbocycles. The number of aromatic nitrogens is 4. The highest BCUT2D eigenvalue weighted by Gasteiger charge is 2.24. The quantitative estimate of drug-likeness (QED) is 0.875. The van der Waals surface area contributed by atoms with E-state index >= 15 is 0 Å². The SMILES string of the molecule is CC(C)CC(=O)N1CCC(NC(=O)c2ccc(-n3cnnn3)cc2)CC1. The first-order valence-corrected chi connectivity index (χ1v) is 8.95. The summed E-state index contributed by atoms with van der Waals surface area (Å²) in [6.45, 7) is 5.51. The Morgan fingerprint density at radius 1 is 1.19 bits per heavy atom. The summed E-state index contributed by atoms with van der Waals surface area (Å²) in [5.74, 6) is 0.486. The fourth-order valence-electron chi connectivity index (χ4n) is 3.07. The summed E-state index contributed by atoms with van der Waals surface area (Å²) in [4.78, 5) is 26.4. The van der Waals surface area contributed by atoms with Crippen LogP contribution in [-0.2, 0) is 4.79 Å². The van der Waals surface area contributed by atoms with Gasteiger partial charge in [-0.15, -0.1) is 5.10 Å². The summed E-state index contributed by atoms with van der Waals surface area (Å²) < 4.78 is 1.53. The molecule has 0 radical (unpaired) electrons. The zero-order valence-electron chi connectivity index (χ0n) is 15.1. The topological polar surface area (TPSA) is 93.0 Å². The number of rotatable bonds is 5. The summed E-state index contributed by atoms with van der Waals surface area (Å²) in [6.07, 6.45) is 3.67. The molecule has 0 bridgehead atoms. The van der Waals surface area contributed by atoms with Crippen LogP contribution in [-0.4, -0.2) is 56.1 Å². The number of piperidine rings is 1. The van der Waals surface area contributed by atoms with Gasteiger partial charge < -0.3 is 10.2 Å². The highest BCUT2D eigenvalue weighted by molar-refractivity contribution is 5.94. The second kappa shape index (κ2) is 8.07. The van der Waals surface area contributed by atoms with E-state index in [0.717, 1.165) is 18.5 Å². The smallest absolute Gasteiger partial charge is 0.251 e. The van der Waals surface area contributed by atoms with Crippen LogP contribution in [0.5, 0.6) is 0 Å². The van der Waals surface area contributed by atoms with E-state index in [9.17, 15) is 9.59 Å². The fraction of sp³-hybridized carbons (Fsp3) is 0.500. The molecule has 0 unspecified atom stereocenters. The third kappa shape index (κ3) is 4.44. The largest absolute Gasteiger partial charge is 0.349 e. The van der Waals surface area contributed by atoms with Gasteiger partial charge >= 0.3 is 0 Å². The van der Waals surface area contributed by atoms with E-state index in [1.54, 1.807) is 24.3 Å². The molecule has 3 rings (SSSR count). The molecule has 0 spiro atoms. The molecule has 1 aliphatic rings. The number of amides is 2. The molecule has 2 amide bonds. The Morgan fingerprint density at radius 3 is 2.46 bits per heavy atom. The summed E-state index contributed by atoms with van der Waals surface area (Å²) in [5.41, 5.74) is 1.39. The van der Waals surface area contributed by atoms with Gasteiger partial charge in [-0.25, -0.2) is 4.68 Å². The molecule has 26 heavy (non-hydrogen) atoms. The van der Waals surface area contributed by atoms with Gasteiger partial charge in [-0.1, -0.05) is 13.8 Å². The number of hydrogen-bond donors (Lipinski definition) is 1. The van der Waals surface area contributed by atoms with E-state index < -0.39 is 0 Å². The van der Waals surface area contributed by atoms with Gasteiger partial charge in [-0.3, -0.25) is 9.59 Å². The molecule has 1 aromatic carbocycles. The molecule has 138 valence electrons. The molecule has 1 aromatic heterocycles. The van der Waals surface area contributed by atoms with Crippen LogP contribution in [0.15, 0.2) is 30.6 Å². The monoisotopic (exact) mass is 356 g/mol. The molecular formula is C18H24N6O2. The van der Waals surface area contributed by atoms with E-state index in [4.69, 9.17) is 0 Å². The molecule has 8 nitrogen and oxygen atoms in total. The number of carbonyl (C=O) groups excluding carboxylic acids is 2. The van der Waals surface area contributed by atoms with Crippen LogP contribution in [0.25, 0.3) is 5.69 Å². The van der Waals surface area contributed by atoms with Crippen LogP contribution in [0.3, 0.4) is 0 Å². The number of hydrogen-bond acceptors (Lipinski definition) is 5. The Kier molecular flexibility index (Phi) is 5.60. The van der Waals surface area contributed by atoms with Crippen molar-refractivity contribution in [2.45, 2.75) is 39.2 Å². The summed E-state index contributed by atoms with van der Waals surface area (Å²) in [7, 11) is 0. The molecule has 1 N–H and O–H groups in total. The molecule has 2 aromatic rings. The highest BCUT2D eigenvalue weighted by Crippen LogP contribution is 2.15. The van der Waals surface area contributed by atoms with Crippen molar-refractivity contribution in [2.75, 3.05) is 13.1 Å². The fourth-order valence-corrected chi connectivity index (χ4v) is 3.07. The Labute approximate surface area is 152 Å². The van der Waals surface area contributed by atoms with Crippen molar-refractivity contribution in [1.29, 1.82) is 0 Å². The maximum absolute atomic E-state index is 12.4. The van der Waals surface area contributed by atoms with Crippen molar-refractivity contribution in [3.05, 3.63) is 36.2 Å². The molecule has 2 heterocycles. The minimum atomic E-state index is -0.0970. The maximum atomic E-state index is 12.4. The maximum Gasteiger partial charge on any atom is 0.251 e. The summed E-state index contributed by atoms with van der Waals surface area (Å²) >= 11 is 0. The Hall–Kier alpha value is -2.77. The van der Waals surface area contributed by atoms with Crippen LogP contribution in [0, 0.1) is 5.92 Å². The molecular weight excluding hydrogens is 332 g/mol. The normalized spacial score (nSPS) is 15.3. The molecule has 8 heteroatoms. The lowest BCUT2D eigenvalue weighted by Crippen LogP contribution is -2.46. The molecule has 1 aliphatic heterocycles. The lowest BCUT2D eigenvalue weighted by Gasteiger charge is -2.32. The number of benzene rings is 1. The lowest BCUT2D eigenvalue weighted by atomic mass is 10.0. The minimum Gasteiger partial charge on any atom is -0.349 e. The molecule has 1 saturated heterocycles. The van der Waals surface area contributed by atoms with Gasteiger partial charge in [0, 0.05) is 31.1 Å². The molecule has 0 aliphatic carbocycles. The van der Waals surface area contributed by atoms with Crippen LogP contribution < -0.4 is 5.32 Å². The van der Waals surface area contributed by atoms with Crippen LogP contribution in [0.4, 0.5) is 0 Å².